The summed E-state index contributed by atoms with van der Waals surface area (Å²) in [5, 5.41) is 20.1. The fourth-order valence-electron chi connectivity index (χ4n) is 6.02. The number of unbranched alkanes of at least 4 members (excludes halogenated alkanes) is 1. The molecular weight excluding hydrogens is 596 g/mol. The van der Waals surface area contributed by atoms with Crippen LogP contribution in [0.5, 0.6) is 0 Å². The van der Waals surface area contributed by atoms with Crippen LogP contribution in [0.3, 0.4) is 0 Å². The topological polar surface area (TPSA) is 111 Å². The number of fused-ring (bicyclic) bond motifs is 2. The highest BCUT2D eigenvalue weighted by molar-refractivity contribution is 6.00. The van der Waals surface area contributed by atoms with E-state index >= 15 is 0 Å². The van der Waals surface area contributed by atoms with E-state index in [1.807, 2.05) is 80.6 Å². The Balaban J connectivity index is 0.000000188. The van der Waals surface area contributed by atoms with Gasteiger partial charge in [-0.15, -0.1) is 0 Å². The summed E-state index contributed by atoms with van der Waals surface area (Å²) in [4.78, 5) is 7.11. The summed E-state index contributed by atoms with van der Waals surface area (Å²) in [6.07, 6.45) is 9.58. The van der Waals surface area contributed by atoms with Crippen LogP contribution in [0.2, 0.25) is 0 Å². The van der Waals surface area contributed by atoms with E-state index in [2.05, 4.69) is 43.4 Å². The Morgan fingerprint density at radius 1 is 0.667 bits per heavy atom. The highest BCUT2D eigenvalue weighted by atomic mass is 16.3. The van der Waals surface area contributed by atoms with Crippen molar-refractivity contribution in [1.82, 2.24) is 9.13 Å². The molecule has 0 spiro atoms. The third-order valence-electron chi connectivity index (χ3n) is 8.70. The lowest BCUT2D eigenvalue weighted by atomic mass is 9.99. The second-order valence-corrected chi connectivity index (χ2v) is 11.7. The van der Waals surface area contributed by atoms with Crippen molar-refractivity contribution in [3.63, 3.8) is 0 Å². The van der Waals surface area contributed by atoms with Crippen LogP contribution >= 0.6 is 0 Å². The van der Waals surface area contributed by atoms with E-state index in [0.717, 1.165) is 85.9 Å². The van der Waals surface area contributed by atoms with Crippen LogP contribution in [0.15, 0.2) is 97.3 Å². The normalized spacial score (nSPS) is 11.0. The lowest BCUT2D eigenvalue weighted by Gasteiger charge is -2.07. The number of allylic oxidation sites excluding steroid dienone is 1. The maximum Gasteiger partial charge on any atom is 0.188 e. The number of anilines is 2. The molecule has 0 fully saturated rings. The quantitative estimate of drug-likeness (QED) is 0.0550. The number of hydrogen-bond acceptors (Lipinski definition) is 4. The first kappa shape index (κ1) is 33.6. The zero-order valence-corrected chi connectivity index (χ0v) is 27.3. The molecule has 0 bridgehead atoms. The molecule has 0 aliphatic heterocycles. The number of nitrogen functional groups attached to an aromatic ring is 2. The summed E-state index contributed by atoms with van der Waals surface area (Å²) in [6.45, 7) is 20.3. The molecule has 242 valence electrons. The number of nitrogens with zero attached hydrogens (tertiary/aromatic N) is 4. The van der Waals surface area contributed by atoms with E-state index in [4.69, 9.17) is 34.8 Å². The van der Waals surface area contributed by atoms with Crippen LogP contribution in [0.4, 0.5) is 22.7 Å². The molecule has 0 amide bonds. The number of aromatic nitrogens is 2. The Bertz CT molecular complexity index is 2190. The second-order valence-electron chi connectivity index (χ2n) is 11.7. The fraction of sp³-hybridized carbons (Fsp3) is 0.200. The number of hydrogen-bond donors (Lipinski definition) is 4. The van der Waals surface area contributed by atoms with Crippen LogP contribution in [-0.4, -0.2) is 32.6 Å². The highest BCUT2D eigenvalue weighted by Crippen LogP contribution is 2.38. The standard InChI is InChI=1S/C20H21N3O.C20H19N3O/c2*1-14-16(6-5-7-19(14)21)18-13-23(10-3-4-11-24)20-9-8-15(22-2)12-17(18)20/h5-9,12-13,24H,3-4,10-11,21H2,1H3;3-9,12-13,24H,10-11,21H2,1H3/b;4-3+. The van der Waals surface area contributed by atoms with Gasteiger partial charge in [0.05, 0.1) is 19.8 Å². The zero-order chi connectivity index (χ0) is 34.2. The maximum absolute atomic E-state index is 9.02. The van der Waals surface area contributed by atoms with Gasteiger partial charge < -0.3 is 30.8 Å². The third-order valence-corrected chi connectivity index (χ3v) is 8.70. The molecule has 8 heteroatoms. The summed E-state index contributed by atoms with van der Waals surface area (Å²) in [5.41, 5.74) is 23.5. The first-order valence-corrected chi connectivity index (χ1v) is 15.9. The lowest BCUT2D eigenvalue weighted by Crippen LogP contribution is -1.97. The molecule has 0 unspecified atom stereocenters. The van der Waals surface area contributed by atoms with E-state index in [1.165, 1.54) is 0 Å². The van der Waals surface area contributed by atoms with Crippen molar-refractivity contribution in [2.24, 2.45) is 0 Å². The van der Waals surface area contributed by atoms with Gasteiger partial charge in [-0.2, -0.15) is 0 Å². The summed E-state index contributed by atoms with van der Waals surface area (Å²) in [7, 11) is 0. The molecule has 0 radical (unpaired) electrons. The molecule has 0 saturated heterocycles. The smallest absolute Gasteiger partial charge is 0.188 e. The first-order chi connectivity index (χ1) is 23.3. The zero-order valence-electron chi connectivity index (χ0n) is 27.3. The Morgan fingerprint density at radius 2 is 1.19 bits per heavy atom. The molecule has 0 atom stereocenters. The third kappa shape index (κ3) is 6.96. The Labute approximate surface area is 281 Å². The number of nitrogens with two attached hydrogens (primary N) is 2. The number of rotatable bonds is 9. The van der Waals surface area contributed by atoms with Gasteiger partial charge in [0.1, 0.15) is 0 Å². The van der Waals surface area contributed by atoms with Crippen molar-refractivity contribution in [3.05, 3.63) is 131 Å². The molecular formula is C40H40N6O2. The molecule has 6 N–H and O–H groups in total. The molecule has 4 aromatic carbocycles. The Hall–Kier alpha value is -5.80. The molecule has 0 aliphatic carbocycles. The largest absolute Gasteiger partial charge is 0.398 e. The number of aryl methyl sites for hydroxylation is 1. The van der Waals surface area contributed by atoms with E-state index in [0.29, 0.717) is 17.9 Å². The molecule has 2 aromatic heterocycles. The van der Waals surface area contributed by atoms with Crippen molar-refractivity contribution in [3.8, 4) is 22.3 Å². The minimum absolute atomic E-state index is 0.0300. The van der Waals surface area contributed by atoms with Gasteiger partial charge in [-0.1, -0.05) is 48.6 Å². The van der Waals surface area contributed by atoms with Crippen LogP contribution < -0.4 is 11.5 Å². The minimum Gasteiger partial charge on any atom is -0.398 e. The summed E-state index contributed by atoms with van der Waals surface area (Å²) < 4.78 is 4.32. The summed E-state index contributed by atoms with van der Waals surface area (Å²) in [6, 6.07) is 23.4. The molecule has 0 aliphatic rings. The van der Waals surface area contributed by atoms with Crippen molar-refractivity contribution < 1.29 is 10.2 Å². The summed E-state index contributed by atoms with van der Waals surface area (Å²) in [5.74, 6) is 0. The number of aliphatic hydroxyl groups is 2. The maximum atomic E-state index is 9.02. The monoisotopic (exact) mass is 636 g/mol. The fourth-order valence-corrected chi connectivity index (χ4v) is 6.02. The Kier molecular flexibility index (Phi) is 10.6. The van der Waals surface area contributed by atoms with Gasteiger partial charge in [-0.05, 0) is 96.1 Å². The predicted octanol–water partition coefficient (Wildman–Crippen LogP) is 8.82. The van der Waals surface area contributed by atoms with E-state index in [9.17, 15) is 0 Å². The lowest BCUT2D eigenvalue weighted by molar-refractivity contribution is 0.281. The van der Waals surface area contributed by atoms with Crippen LogP contribution in [0.1, 0.15) is 24.0 Å². The van der Waals surface area contributed by atoms with Crippen LogP contribution in [-0.2, 0) is 13.1 Å². The average molecular weight is 637 g/mol. The second kappa shape index (κ2) is 15.2. The minimum atomic E-state index is 0.0300. The molecule has 0 saturated carbocycles. The molecule has 6 aromatic rings. The SMILES string of the molecule is [C-]#[N+]c1ccc2c(c1)c(-c1cccc(N)c1C)cn2C/C=C/CO.[C-]#[N+]c1ccc2c(c1)c(-c1cccc(N)c1C)cn2CCCCO. The predicted molar refractivity (Wildman–Crippen MR) is 198 cm³/mol. The molecule has 48 heavy (non-hydrogen) atoms. The Morgan fingerprint density at radius 3 is 1.69 bits per heavy atom. The van der Waals surface area contributed by atoms with Crippen molar-refractivity contribution in [2.75, 3.05) is 24.7 Å². The van der Waals surface area contributed by atoms with Gasteiger partial charge in [0.2, 0.25) is 0 Å². The van der Waals surface area contributed by atoms with Gasteiger partial charge in [0.25, 0.3) is 0 Å². The van der Waals surface area contributed by atoms with E-state index in [-0.39, 0.29) is 13.2 Å². The van der Waals surface area contributed by atoms with Crippen LogP contribution in [0.25, 0.3) is 53.7 Å². The molecule has 2 heterocycles. The van der Waals surface area contributed by atoms with Gasteiger partial charge in [0.15, 0.2) is 11.4 Å². The van der Waals surface area contributed by atoms with Gasteiger partial charge in [-0.3, -0.25) is 0 Å². The summed E-state index contributed by atoms with van der Waals surface area (Å²) >= 11 is 0. The van der Waals surface area contributed by atoms with Gasteiger partial charge in [0, 0.05) is 65.6 Å². The van der Waals surface area contributed by atoms with E-state index in [1.54, 1.807) is 6.08 Å². The van der Waals surface area contributed by atoms with Crippen LogP contribution in [0, 0.1) is 27.0 Å². The van der Waals surface area contributed by atoms with E-state index < -0.39 is 0 Å². The van der Waals surface area contributed by atoms with Crippen molar-refractivity contribution in [1.29, 1.82) is 0 Å². The average Bonchev–Trinajstić information content (AvgIpc) is 3.65. The number of aliphatic hydroxyl groups excluding tert-OH is 2. The van der Waals surface area contributed by atoms with Crippen molar-refractivity contribution >= 4 is 44.6 Å². The first-order valence-electron chi connectivity index (χ1n) is 15.9. The highest BCUT2D eigenvalue weighted by Gasteiger charge is 2.15. The number of benzene rings is 4. The van der Waals surface area contributed by atoms with Gasteiger partial charge in [-0.25, -0.2) is 9.69 Å². The molecule has 6 rings (SSSR count). The molecule has 8 nitrogen and oxygen atoms in total. The van der Waals surface area contributed by atoms with Gasteiger partial charge >= 0.3 is 0 Å². The van der Waals surface area contributed by atoms with Crippen molar-refractivity contribution in [2.45, 2.75) is 39.8 Å².